The Morgan fingerprint density at radius 2 is 1.87 bits per heavy atom. The zero-order chi connectivity index (χ0) is 20.9. The second kappa shape index (κ2) is 9.04. The zero-order valence-electron chi connectivity index (χ0n) is 16.7. The van der Waals surface area contributed by atoms with E-state index in [9.17, 15) is 14.4 Å². The third-order valence-corrected chi connectivity index (χ3v) is 5.55. The van der Waals surface area contributed by atoms with Gasteiger partial charge in [-0.1, -0.05) is 18.2 Å². The van der Waals surface area contributed by atoms with Gasteiger partial charge in [0.1, 0.15) is 6.04 Å². The lowest BCUT2D eigenvalue weighted by atomic mass is 10.1. The van der Waals surface area contributed by atoms with E-state index in [1.807, 2.05) is 17.2 Å². The molecule has 8 nitrogen and oxygen atoms in total. The fourth-order valence-electron chi connectivity index (χ4n) is 3.85. The van der Waals surface area contributed by atoms with Crippen LogP contribution in [0.25, 0.3) is 0 Å². The highest BCUT2D eigenvalue weighted by Crippen LogP contribution is 2.19. The number of hydrogen-bond donors (Lipinski definition) is 2. The van der Waals surface area contributed by atoms with Crippen LogP contribution in [-0.4, -0.2) is 64.7 Å². The van der Waals surface area contributed by atoms with Crippen molar-refractivity contribution < 1.29 is 14.4 Å². The zero-order valence-corrected chi connectivity index (χ0v) is 16.7. The summed E-state index contributed by atoms with van der Waals surface area (Å²) in [6.07, 6.45) is 4.12. The van der Waals surface area contributed by atoms with Crippen molar-refractivity contribution in [3.05, 3.63) is 59.9 Å². The first-order chi connectivity index (χ1) is 14.6. The summed E-state index contributed by atoms with van der Waals surface area (Å²) in [7, 11) is 0. The Kier molecular flexibility index (Phi) is 6.04. The molecule has 30 heavy (non-hydrogen) atoms. The van der Waals surface area contributed by atoms with Gasteiger partial charge in [-0.15, -0.1) is 0 Å². The van der Waals surface area contributed by atoms with Gasteiger partial charge in [0.05, 0.1) is 11.3 Å². The van der Waals surface area contributed by atoms with Crippen molar-refractivity contribution in [1.29, 1.82) is 0 Å². The molecule has 1 atom stereocenters. The molecule has 1 aromatic carbocycles. The minimum atomic E-state index is -0.722. The van der Waals surface area contributed by atoms with Gasteiger partial charge in [-0.2, -0.15) is 0 Å². The van der Waals surface area contributed by atoms with Gasteiger partial charge in [0.15, 0.2) is 0 Å². The number of carbonyl (C=O) groups excluding carboxylic acids is 3. The Hall–Kier alpha value is -3.26. The number of carbonyl (C=O) groups is 3. The van der Waals surface area contributed by atoms with Crippen LogP contribution in [0.15, 0.2) is 48.8 Å². The maximum absolute atomic E-state index is 12.7. The number of benzene rings is 1. The second-order valence-corrected chi connectivity index (χ2v) is 7.62. The summed E-state index contributed by atoms with van der Waals surface area (Å²) in [5, 5.41) is 5.52. The van der Waals surface area contributed by atoms with Crippen LogP contribution in [0.3, 0.4) is 0 Å². The van der Waals surface area contributed by atoms with Gasteiger partial charge in [0, 0.05) is 51.5 Å². The summed E-state index contributed by atoms with van der Waals surface area (Å²) < 4.78 is 0. The third kappa shape index (κ3) is 4.65. The van der Waals surface area contributed by atoms with Gasteiger partial charge in [-0.05, 0) is 30.2 Å². The average Bonchev–Trinajstić information content (AvgIpc) is 2.89. The van der Waals surface area contributed by atoms with Crippen LogP contribution < -0.4 is 10.6 Å². The number of amides is 3. The predicted molar refractivity (Wildman–Crippen MR) is 112 cm³/mol. The van der Waals surface area contributed by atoms with Gasteiger partial charge >= 0.3 is 0 Å². The van der Waals surface area contributed by atoms with E-state index < -0.39 is 6.04 Å². The lowest BCUT2D eigenvalue weighted by molar-refractivity contribution is -0.133. The van der Waals surface area contributed by atoms with E-state index in [2.05, 4.69) is 26.6 Å². The number of para-hydroxylation sites is 1. The van der Waals surface area contributed by atoms with Gasteiger partial charge in [-0.25, -0.2) is 0 Å². The minimum absolute atomic E-state index is 0.0137. The summed E-state index contributed by atoms with van der Waals surface area (Å²) >= 11 is 0. The lowest BCUT2D eigenvalue weighted by Crippen LogP contribution is -2.49. The molecule has 0 bridgehead atoms. The van der Waals surface area contributed by atoms with Gasteiger partial charge < -0.3 is 15.5 Å². The molecule has 0 spiro atoms. The molecular formula is C22H25N5O3. The number of anilines is 1. The van der Waals surface area contributed by atoms with Crippen LogP contribution >= 0.6 is 0 Å². The van der Waals surface area contributed by atoms with E-state index in [1.165, 1.54) is 0 Å². The molecule has 3 amide bonds. The largest absolute Gasteiger partial charge is 0.340 e. The van der Waals surface area contributed by atoms with Gasteiger partial charge in [0.2, 0.25) is 11.8 Å². The predicted octanol–water partition coefficient (Wildman–Crippen LogP) is 1.26. The first-order valence-corrected chi connectivity index (χ1v) is 10.2. The van der Waals surface area contributed by atoms with Crippen molar-refractivity contribution in [2.45, 2.75) is 25.4 Å². The normalized spacial score (nSPS) is 19.5. The lowest BCUT2D eigenvalue weighted by Gasteiger charge is -2.35. The maximum Gasteiger partial charge on any atom is 0.254 e. The minimum Gasteiger partial charge on any atom is -0.340 e. The number of fused-ring (bicyclic) bond motifs is 1. The molecule has 156 valence electrons. The standard InChI is InChI=1S/C22H25N5O3/c28-20(27-12-10-26(11-13-27)15-16-4-3-9-23-14-16)8-7-19-22(30)24-18-6-2-1-5-17(18)21(29)25-19/h1-6,9,14,19H,7-8,10-13,15H2,(H,24,30)(H,25,29)/t19-/m0/s1. The Morgan fingerprint density at radius 1 is 1.07 bits per heavy atom. The average molecular weight is 407 g/mol. The van der Waals surface area contributed by atoms with Gasteiger partial charge in [0.25, 0.3) is 5.91 Å². The summed E-state index contributed by atoms with van der Waals surface area (Å²) in [6.45, 7) is 3.75. The van der Waals surface area contributed by atoms with E-state index in [4.69, 9.17) is 0 Å². The molecule has 0 aliphatic carbocycles. The molecule has 4 rings (SSSR count). The van der Waals surface area contributed by atoms with Crippen molar-refractivity contribution in [1.82, 2.24) is 20.1 Å². The highest BCUT2D eigenvalue weighted by molar-refractivity contribution is 6.09. The molecule has 0 saturated carbocycles. The van der Waals surface area contributed by atoms with Crippen molar-refractivity contribution in [2.75, 3.05) is 31.5 Å². The topological polar surface area (TPSA) is 94.6 Å². The molecule has 8 heteroatoms. The first kappa shape index (κ1) is 20.0. The summed E-state index contributed by atoms with van der Waals surface area (Å²) in [4.78, 5) is 45.8. The fourth-order valence-corrected chi connectivity index (χ4v) is 3.85. The van der Waals surface area contributed by atoms with E-state index >= 15 is 0 Å². The number of nitrogens with one attached hydrogen (secondary N) is 2. The Morgan fingerprint density at radius 3 is 2.63 bits per heavy atom. The molecule has 2 aliphatic heterocycles. The molecule has 0 unspecified atom stereocenters. The molecule has 1 saturated heterocycles. The number of piperazine rings is 1. The summed E-state index contributed by atoms with van der Waals surface area (Å²) in [6, 6.07) is 10.1. The van der Waals surface area contributed by atoms with E-state index in [1.54, 1.807) is 30.5 Å². The van der Waals surface area contributed by atoms with Crippen molar-refractivity contribution in [2.24, 2.45) is 0 Å². The van der Waals surface area contributed by atoms with E-state index in [-0.39, 0.29) is 30.6 Å². The Bertz CT molecular complexity index is 925. The quantitative estimate of drug-likeness (QED) is 0.778. The summed E-state index contributed by atoms with van der Waals surface area (Å²) in [5.41, 5.74) is 2.09. The second-order valence-electron chi connectivity index (χ2n) is 7.62. The highest BCUT2D eigenvalue weighted by Gasteiger charge is 2.29. The monoisotopic (exact) mass is 407 g/mol. The summed E-state index contributed by atoms with van der Waals surface area (Å²) in [5.74, 6) is -0.576. The molecule has 1 aromatic heterocycles. The number of aromatic nitrogens is 1. The first-order valence-electron chi connectivity index (χ1n) is 10.2. The van der Waals surface area contributed by atoms with Crippen LogP contribution in [0.5, 0.6) is 0 Å². The van der Waals surface area contributed by atoms with Gasteiger partial charge in [-0.3, -0.25) is 24.3 Å². The van der Waals surface area contributed by atoms with Crippen LogP contribution in [-0.2, 0) is 16.1 Å². The fraction of sp³-hybridized carbons (Fsp3) is 0.364. The number of rotatable bonds is 5. The molecule has 2 aromatic rings. The Labute approximate surface area is 175 Å². The molecule has 3 heterocycles. The van der Waals surface area contributed by atoms with E-state index in [0.29, 0.717) is 24.3 Å². The smallest absolute Gasteiger partial charge is 0.254 e. The van der Waals surface area contributed by atoms with Crippen molar-refractivity contribution in [3.8, 4) is 0 Å². The Balaban J connectivity index is 1.26. The number of hydrogen-bond acceptors (Lipinski definition) is 5. The van der Waals surface area contributed by atoms with Crippen LogP contribution in [0, 0.1) is 0 Å². The SMILES string of the molecule is O=C1N[C@@H](CCC(=O)N2CCN(Cc3cccnc3)CC2)C(=O)Nc2ccccc21. The van der Waals surface area contributed by atoms with Crippen LogP contribution in [0.1, 0.15) is 28.8 Å². The van der Waals surface area contributed by atoms with E-state index in [0.717, 1.165) is 25.2 Å². The molecule has 0 radical (unpaired) electrons. The number of pyridine rings is 1. The number of nitrogens with zero attached hydrogens (tertiary/aromatic N) is 3. The van der Waals surface area contributed by atoms with Crippen molar-refractivity contribution >= 4 is 23.4 Å². The highest BCUT2D eigenvalue weighted by atomic mass is 16.2. The molecule has 2 aliphatic rings. The molecule has 1 fully saturated rings. The molecule has 2 N–H and O–H groups in total. The molecular weight excluding hydrogens is 382 g/mol. The maximum atomic E-state index is 12.7. The van der Waals surface area contributed by atoms with Crippen LogP contribution in [0.4, 0.5) is 5.69 Å². The van der Waals surface area contributed by atoms with Crippen molar-refractivity contribution in [3.63, 3.8) is 0 Å². The van der Waals surface area contributed by atoms with Crippen LogP contribution in [0.2, 0.25) is 0 Å². The third-order valence-electron chi connectivity index (χ3n) is 5.55.